The smallest absolute Gasteiger partial charge is 0.241 e. The predicted octanol–water partition coefficient (Wildman–Crippen LogP) is 2.09. The number of anilines is 2. The van der Waals surface area contributed by atoms with Crippen LogP contribution in [0.1, 0.15) is 0 Å². The van der Waals surface area contributed by atoms with Crippen LogP contribution in [0.25, 0.3) is 10.8 Å². The molecule has 8 heteroatoms. The third-order valence-corrected chi connectivity index (χ3v) is 5.44. The van der Waals surface area contributed by atoms with E-state index in [-0.39, 0.29) is 11.4 Å². The van der Waals surface area contributed by atoms with Gasteiger partial charge in [0.25, 0.3) is 0 Å². The van der Waals surface area contributed by atoms with Crippen molar-refractivity contribution < 1.29 is 8.42 Å². The summed E-state index contributed by atoms with van der Waals surface area (Å²) in [4.78, 5) is 2.20. The lowest BCUT2D eigenvalue weighted by Gasteiger charge is -2.13. The third-order valence-electron chi connectivity index (χ3n) is 3.92. The largest absolute Gasteiger partial charge is 0.376 e. The summed E-state index contributed by atoms with van der Waals surface area (Å²) in [6, 6.07) is 14.5. The summed E-state index contributed by atoms with van der Waals surface area (Å²) in [5, 5.41) is 12.6. The molecule has 0 radical (unpaired) electrons. The van der Waals surface area contributed by atoms with Crippen LogP contribution in [0.2, 0.25) is 0 Å². The molecule has 1 aromatic heterocycles. The monoisotopic (exact) mass is 371 g/mol. The second-order valence-corrected chi connectivity index (χ2v) is 7.73. The van der Waals surface area contributed by atoms with Crippen molar-refractivity contribution in [2.75, 3.05) is 37.4 Å². The van der Waals surface area contributed by atoms with Gasteiger partial charge in [0, 0.05) is 38.6 Å². The minimum atomic E-state index is -3.60. The number of rotatable bonds is 7. The van der Waals surface area contributed by atoms with Gasteiger partial charge in [-0.1, -0.05) is 36.4 Å². The molecule has 0 saturated carbocycles. The maximum absolute atomic E-state index is 12.6. The highest BCUT2D eigenvalue weighted by molar-refractivity contribution is 7.89. The molecule has 0 spiro atoms. The molecule has 136 valence electrons. The number of hydrogen-bond acceptors (Lipinski definition) is 6. The van der Waals surface area contributed by atoms with Crippen molar-refractivity contribution in [3.05, 3.63) is 54.7 Å². The van der Waals surface area contributed by atoms with Gasteiger partial charge in [0.15, 0.2) is 5.82 Å². The van der Waals surface area contributed by atoms with Crippen LogP contribution in [0, 0.1) is 0 Å². The van der Waals surface area contributed by atoms with Crippen molar-refractivity contribution in [1.82, 2.24) is 14.9 Å². The van der Waals surface area contributed by atoms with E-state index in [9.17, 15) is 8.42 Å². The van der Waals surface area contributed by atoms with Gasteiger partial charge in [-0.25, -0.2) is 13.1 Å². The Morgan fingerprint density at radius 1 is 1.04 bits per heavy atom. The molecule has 2 N–H and O–H groups in total. The molecule has 2 aromatic carbocycles. The number of nitrogens with zero attached hydrogens (tertiary/aromatic N) is 3. The fraction of sp³-hybridized carbons (Fsp3) is 0.222. The van der Waals surface area contributed by atoms with Crippen molar-refractivity contribution in [2.45, 2.75) is 4.90 Å². The van der Waals surface area contributed by atoms with E-state index in [1.54, 1.807) is 18.3 Å². The molecule has 7 nitrogen and oxygen atoms in total. The van der Waals surface area contributed by atoms with Crippen LogP contribution in [0.5, 0.6) is 0 Å². The fourth-order valence-corrected chi connectivity index (χ4v) is 3.83. The molecule has 3 aromatic rings. The van der Waals surface area contributed by atoms with E-state index in [2.05, 4.69) is 20.2 Å². The number of nitrogens with one attached hydrogen (secondary N) is 2. The molecule has 0 bridgehead atoms. The first-order chi connectivity index (χ1) is 12.5. The van der Waals surface area contributed by atoms with E-state index in [1.807, 2.05) is 55.4 Å². The zero-order valence-electron chi connectivity index (χ0n) is 14.7. The molecule has 0 aliphatic carbocycles. The van der Waals surface area contributed by atoms with E-state index in [4.69, 9.17) is 0 Å². The van der Waals surface area contributed by atoms with Crippen LogP contribution < -0.4 is 14.9 Å². The summed E-state index contributed by atoms with van der Waals surface area (Å²) < 4.78 is 27.9. The van der Waals surface area contributed by atoms with Gasteiger partial charge in [0.1, 0.15) is 0 Å². The quantitative estimate of drug-likeness (QED) is 0.619. The highest BCUT2D eigenvalue weighted by atomic mass is 32.2. The van der Waals surface area contributed by atoms with Crippen LogP contribution in [0.15, 0.2) is 59.6 Å². The summed E-state index contributed by atoms with van der Waals surface area (Å²) in [5.74, 6) is 0.598. The lowest BCUT2D eigenvalue weighted by atomic mass is 10.1. The van der Waals surface area contributed by atoms with Gasteiger partial charge in [0.05, 0.1) is 16.8 Å². The number of benzene rings is 2. The Bertz CT molecular complexity index is 1000. The predicted molar refractivity (Wildman–Crippen MR) is 104 cm³/mol. The van der Waals surface area contributed by atoms with Gasteiger partial charge in [-0.2, -0.15) is 5.10 Å². The number of aromatic nitrogens is 2. The van der Waals surface area contributed by atoms with Crippen molar-refractivity contribution in [3.63, 3.8) is 0 Å². The van der Waals surface area contributed by atoms with Gasteiger partial charge in [-0.3, -0.25) is 0 Å². The molecule has 0 aliphatic rings. The summed E-state index contributed by atoms with van der Waals surface area (Å²) in [6.07, 6.45) is 1.66. The summed E-state index contributed by atoms with van der Waals surface area (Å²) in [7, 11) is 0.234. The van der Waals surface area contributed by atoms with Crippen molar-refractivity contribution in [2.24, 2.45) is 0 Å². The maximum Gasteiger partial charge on any atom is 0.241 e. The molecular weight excluding hydrogens is 350 g/mol. The highest BCUT2D eigenvalue weighted by Crippen LogP contribution is 2.22. The minimum Gasteiger partial charge on any atom is -0.376 e. The van der Waals surface area contributed by atoms with Crippen LogP contribution in [-0.4, -0.2) is 45.8 Å². The molecule has 1 heterocycles. The van der Waals surface area contributed by atoms with Gasteiger partial charge < -0.3 is 10.2 Å². The second-order valence-electron chi connectivity index (χ2n) is 6.00. The van der Waals surface area contributed by atoms with E-state index in [0.29, 0.717) is 17.7 Å². The lowest BCUT2D eigenvalue weighted by molar-refractivity contribution is 0.584. The molecule has 0 unspecified atom stereocenters. The first-order valence-corrected chi connectivity index (χ1v) is 9.67. The van der Waals surface area contributed by atoms with E-state index < -0.39 is 10.0 Å². The number of sulfonamides is 1. The maximum atomic E-state index is 12.6. The molecule has 0 fully saturated rings. The Morgan fingerprint density at radius 2 is 1.81 bits per heavy atom. The summed E-state index contributed by atoms with van der Waals surface area (Å²) in [5.41, 5.74) is 0.916. The Labute approximate surface area is 153 Å². The highest BCUT2D eigenvalue weighted by Gasteiger charge is 2.16. The van der Waals surface area contributed by atoms with Gasteiger partial charge in [-0.15, -0.1) is 5.10 Å². The standard InChI is InChI=1S/C18H21N5O2S/c1-23(2)15-12-18(22-20-13-15)19-10-11-21-26(24,25)17-9-5-7-14-6-3-4-8-16(14)17/h3-9,12-13,21H,10-11H2,1-2H3,(H,19,22). The molecule has 0 atom stereocenters. The van der Waals surface area contributed by atoms with Gasteiger partial charge in [0.2, 0.25) is 10.0 Å². The first-order valence-electron chi connectivity index (χ1n) is 8.19. The molecule has 3 rings (SSSR count). The van der Waals surface area contributed by atoms with Gasteiger partial charge >= 0.3 is 0 Å². The Balaban J connectivity index is 1.65. The molecule has 26 heavy (non-hydrogen) atoms. The minimum absolute atomic E-state index is 0.236. The van der Waals surface area contributed by atoms with Crippen molar-refractivity contribution in [3.8, 4) is 0 Å². The number of fused-ring (bicyclic) bond motifs is 1. The van der Waals surface area contributed by atoms with Crippen LogP contribution in [0.4, 0.5) is 11.5 Å². The second kappa shape index (κ2) is 7.67. The average Bonchev–Trinajstić information content (AvgIpc) is 2.65. The van der Waals surface area contributed by atoms with E-state index in [0.717, 1.165) is 11.1 Å². The van der Waals surface area contributed by atoms with Gasteiger partial charge in [-0.05, 0) is 11.5 Å². The zero-order valence-corrected chi connectivity index (χ0v) is 15.5. The van der Waals surface area contributed by atoms with E-state index >= 15 is 0 Å². The summed E-state index contributed by atoms with van der Waals surface area (Å²) in [6.45, 7) is 0.634. The average molecular weight is 371 g/mol. The molecule has 0 amide bonds. The SMILES string of the molecule is CN(C)c1cnnc(NCCNS(=O)(=O)c2cccc3ccccc23)c1. The van der Waals surface area contributed by atoms with Crippen molar-refractivity contribution in [1.29, 1.82) is 0 Å². The lowest BCUT2D eigenvalue weighted by Crippen LogP contribution is -2.29. The molecule has 0 saturated heterocycles. The van der Waals surface area contributed by atoms with Crippen molar-refractivity contribution >= 4 is 32.3 Å². The number of hydrogen-bond donors (Lipinski definition) is 2. The fourth-order valence-electron chi connectivity index (χ4n) is 2.57. The normalized spacial score (nSPS) is 11.5. The first kappa shape index (κ1) is 18.1. The summed E-state index contributed by atoms with van der Waals surface area (Å²) >= 11 is 0. The van der Waals surface area contributed by atoms with Crippen LogP contribution in [0.3, 0.4) is 0 Å². The Morgan fingerprint density at radius 3 is 2.62 bits per heavy atom. The molecule has 0 aliphatic heterocycles. The topological polar surface area (TPSA) is 87.2 Å². The van der Waals surface area contributed by atoms with Crippen LogP contribution >= 0.6 is 0 Å². The zero-order chi connectivity index (χ0) is 18.6. The Hall–Kier alpha value is -2.71. The van der Waals surface area contributed by atoms with Crippen LogP contribution in [-0.2, 0) is 10.0 Å². The molecular formula is C18H21N5O2S. The Kier molecular flexibility index (Phi) is 5.34. The van der Waals surface area contributed by atoms with E-state index in [1.165, 1.54) is 0 Å². The third kappa shape index (κ3) is 4.09.